The largest absolute Gasteiger partial charge is 0.368 e. The van der Waals surface area contributed by atoms with Gasteiger partial charge in [0.2, 0.25) is 0 Å². The van der Waals surface area contributed by atoms with Crippen molar-refractivity contribution in [3.63, 3.8) is 0 Å². The van der Waals surface area contributed by atoms with Crippen molar-refractivity contribution in [2.75, 3.05) is 13.7 Å². The van der Waals surface area contributed by atoms with Gasteiger partial charge in [0.15, 0.2) is 6.29 Å². The fourth-order valence-electron chi connectivity index (χ4n) is 0.460. The molecule has 0 aromatic carbocycles. The lowest BCUT2D eigenvalue weighted by Gasteiger charge is -2.16. The highest BCUT2D eigenvalue weighted by atomic mass is 16.9. The molecule has 0 saturated carbocycles. The second-order valence-electron chi connectivity index (χ2n) is 1.72. The molecule has 4 nitrogen and oxygen atoms in total. The summed E-state index contributed by atoms with van der Waals surface area (Å²) in [6, 6.07) is 0. The van der Waals surface area contributed by atoms with Crippen LogP contribution in [0.25, 0.3) is 0 Å². The topological polar surface area (TPSA) is 47.9 Å². The molecule has 2 atom stereocenters. The van der Waals surface area contributed by atoms with Gasteiger partial charge in [0.1, 0.15) is 0 Å². The van der Waals surface area contributed by atoms with Crippen LogP contribution in [0.1, 0.15) is 13.8 Å². The lowest BCUT2D eigenvalue weighted by atomic mass is 10.8. The lowest BCUT2D eigenvalue weighted by Crippen LogP contribution is -2.24. The highest BCUT2D eigenvalue weighted by Gasteiger charge is 2.08. The number of hydrogen-bond acceptors (Lipinski definition) is 4. The first-order valence-corrected chi connectivity index (χ1v) is 3.18. The molecular weight excluding hydrogens is 136 g/mol. The number of aliphatic hydroxyl groups is 1. The van der Waals surface area contributed by atoms with E-state index in [1.165, 1.54) is 14.0 Å². The maximum Gasteiger partial charge on any atom is 0.273 e. The molecule has 0 spiro atoms. The number of hydrogen-bond donors (Lipinski definition) is 1. The zero-order valence-electron chi connectivity index (χ0n) is 6.53. The third-order valence-corrected chi connectivity index (χ3v) is 0.803. The third-order valence-electron chi connectivity index (χ3n) is 0.803. The lowest BCUT2D eigenvalue weighted by molar-refractivity contribution is -0.320. The molecule has 10 heavy (non-hydrogen) atoms. The van der Waals surface area contributed by atoms with Crippen molar-refractivity contribution in [3.8, 4) is 0 Å². The van der Waals surface area contributed by atoms with Crippen LogP contribution < -0.4 is 0 Å². The van der Waals surface area contributed by atoms with Gasteiger partial charge in [0, 0.05) is 13.7 Å². The Kier molecular flexibility index (Phi) is 5.52. The van der Waals surface area contributed by atoms with Crippen LogP contribution in [0.3, 0.4) is 0 Å². The summed E-state index contributed by atoms with van der Waals surface area (Å²) >= 11 is 0. The van der Waals surface area contributed by atoms with E-state index < -0.39 is 12.8 Å². The van der Waals surface area contributed by atoms with Crippen LogP contribution >= 0.6 is 0 Å². The Labute approximate surface area is 60.7 Å². The standard InChI is InChI=1S/C6H14O4/c1-4-9-6(8-3)10-5(2)7/h5-7H,4H2,1-3H3. The smallest absolute Gasteiger partial charge is 0.273 e. The normalized spacial score (nSPS) is 16.8. The predicted octanol–water partition coefficient (Wildman–Crippen LogP) is 0.308. The highest BCUT2D eigenvalue weighted by Crippen LogP contribution is 1.97. The highest BCUT2D eigenvalue weighted by molar-refractivity contribution is 4.25. The van der Waals surface area contributed by atoms with Crippen LogP contribution in [-0.2, 0) is 14.2 Å². The Morgan fingerprint density at radius 1 is 1.50 bits per heavy atom. The summed E-state index contributed by atoms with van der Waals surface area (Å²) in [5.41, 5.74) is 0. The molecule has 0 rings (SSSR count). The van der Waals surface area contributed by atoms with Gasteiger partial charge in [-0.2, -0.15) is 0 Å². The molecule has 0 bridgehead atoms. The van der Waals surface area contributed by atoms with Crippen molar-refractivity contribution in [1.29, 1.82) is 0 Å². The average molecular weight is 150 g/mol. The van der Waals surface area contributed by atoms with E-state index in [4.69, 9.17) is 19.3 Å². The van der Waals surface area contributed by atoms with Crippen LogP contribution in [0.5, 0.6) is 0 Å². The first kappa shape index (κ1) is 9.84. The fraction of sp³-hybridized carbons (Fsp3) is 1.00. The second-order valence-corrected chi connectivity index (χ2v) is 1.72. The van der Waals surface area contributed by atoms with Gasteiger partial charge in [0.05, 0.1) is 0 Å². The first-order valence-electron chi connectivity index (χ1n) is 3.18. The van der Waals surface area contributed by atoms with Crippen molar-refractivity contribution in [2.24, 2.45) is 0 Å². The second kappa shape index (κ2) is 5.61. The quantitative estimate of drug-likeness (QED) is 0.573. The van der Waals surface area contributed by atoms with Gasteiger partial charge in [-0.15, -0.1) is 0 Å². The number of ether oxygens (including phenoxy) is 3. The molecule has 0 amide bonds. The van der Waals surface area contributed by atoms with E-state index in [2.05, 4.69) is 0 Å². The van der Waals surface area contributed by atoms with Crippen LogP contribution in [0.4, 0.5) is 0 Å². The van der Waals surface area contributed by atoms with Crippen molar-refractivity contribution < 1.29 is 19.3 Å². The van der Waals surface area contributed by atoms with E-state index in [0.29, 0.717) is 6.61 Å². The zero-order valence-corrected chi connectivity index (χ0v) is 6.53. The van der Waals surface area contributed by atoms with Crippen LogP contribution in [0.15, 0.2) is 0 Å². The minimum absolute atomic E-state index is 0.491. The molecule has 0 fully saturated rings. The van der Waals surface area contributed by atoms with Crippen LogP contribution in [0.2, 0.25) is 0 Å². The van der Waals surface area contributed by atoms with Gasteiger partial charge < -0.3 is 19.3 Å². The summed E-state index contributed by atoms with van der Waals surface area (Å²) in [5.74, 6) is 0. The van der Waals surface area contributed by atoms with Crippen molar-refractivity contribution in [2.45, 2.75) is 26.6 Å². The number of rotatable bonds is 5. The molecule has 2 unspecified atom stereocenters. The Morgan fingerprint density at radius 2 is 2.10 bits per heavy atom. The number of methoxy groups -OCH3 is 1. The van der Waals surface area contributed by atoms with Gasteiger partial charge in [-0.1, -0.05) is 0 Å². The maximum atomic E-state index is 8.70. The van der Waals surface area contributed by atoms with E-state index in [1.807, 2.05) is 6.92 Å². The van der Waals surface area contributed by atoms with E-state index in [-0.39, 0.29) is 0 Å². The molecule has 0 radical (unpaired) electrons. The summed E-state index contributed by atoms with van der Waals surface area (Å²) in [6.45, 7) is 3.04. The monoisotopic (exact) mass is 150 g/mol. The van der Waals surface area contributed by atoms with E-state index in [9.17, 15) is 0 Å². The van der Waals surface area contributed by atoms with Crippen molar-refractivity contribution in [1.82, 2.24) is 0 Å². The first-order chi connectivity index (χ1) is 4.70. The molecule has 4 heteroatoms. The molecule has 0 aliphatic carbocycles. The average Bonchev–Trinajstić information content (AvgIpc) is 1.86. The molecule has 0 aliphatic heterocycles. The summed E-state index contributed by atoms with van der Waals surface area (Å²) in [7, 11) is 1.45. The maximum absolute atomic E-state index is 8.70. The van der Waals surface area contributed by atoms with E-state index in [1.54, 1.807) is 0 Å². The Bertz CT molecular complexity index is 74.1. The molecular formula is C6H14O4. The fourth-order valence-corrected chi connectivity index (χ4v) is 0.460. The van der Waals surface area contributed by atoms with Crippen LogP contribution in [0, 0.1) is 0 Å². The summed E-state index contributed by atoms with van der Waals surface area (Å²) in [6.07, 6.45) is -0.864. The van der Waals surface area contributed by atoms with Gasteiger partial charge in [-0.3, -0.25) is 0 Å². The molecule has 1 N–H and O–H groups in total. The van der Waals surface area contributed by atoms with Crippen LogP contribution in [-0.4, -0.2) is 31.6 Å². The Hall–Kier alpha value is -0.160. The van der Waals surface area contributed by atoms with E-state index in [0.717, 1.165) is 0 Å². The van der Waals surface area contributed by atoms with Gasteiger partial charge in [0.25, 0.3) is 6.48 Å². The minimum atomic E-state index is -0.864. The molecule has 0 heterocycles. The molecule has 0 aliphatic rings. The van der Waals surface area contributed by atoms with Gasteiger partial charge in [-0.25, -0.2) is 0 Å². The van der Waals surface area contributed by atoms with Gasteiger partial charge >= 0.3 is 0 Å². The predicted molar refractivity (Wildman–Crippen MR) is 35.2 cm³/mol. The van der Waals surface area contributed by atoms with Gasteiger partial charge in [-0.05, 0) is 13.8 Å². The SMILES string of the molecule is CCOC(OC)OC(C)O. The minimum Gasteiger partial charge on any atom is -0.368 e. The van der Waals surface area contributed by atoms with Crippen molar-refractivity contribution >= 4 is 0 Å². The summed E-state index contributed by atoms with van der Waals surface area (Å²) in [5, 5.41) is 8.70. The summed E-state index contributed by atoms with van der Waals surface area (Å²) < 4.78 is 14.3. The van der Waals surface area contributed by atoms with Crippen molar-refractivity contribution in [3.05, 3.63) is 0 Å². The Morgan fingerprint density at radius 3 is 2.40 bits per heavy atom. The Balaban J connectivity index is 3.39. The zero-order chi connectivity index (χ0) is 7.98. The molecule has 0 aromatic rings. The van der Waals surface area contributed by atoms with E-state index >= 15 is 0 Å². The molecule has 62 valence electrons. The molecule has 0 aromatic heterocycles. The molecule has 0 saturated heterocycles. The number of aliphatic hydroxyl groups excluding tert-OH is 1. The third kappa shape index (κ3) is 4.69. The summed E-state index contributed by atoms with van der Waals surface area (Å²) in [4.78, 5) is 0.